The van der Waals surface area contributed by atoms with Gasteiger partial charge in [0.2, 0.25) is 0 Å². The molecule has 4 nitrogen and oxygen atoms in total. The van der Waals surface area contributed by atoms with E-state index in [0.29, 0.717) is 6.42 Å². The van der Waals surface area contributed by atoms with Crippen molar-refractivity contribution in [2.75, 3.05) is 0 Å². The van der Waals surface area contributed by atoms with Crippen LogP contribution < -0.4 is 0 Å². The quantitative estimate of drug-likeness (QED) is 0.847. The summed E-state index contributed by atoms with van der Waals surface area (Å²) < 4.78 is 1.94. The van der Waals surface area contributed by atoms with Gasteiger partial charge in [-0.1, -0.05) is 30.8 Å². The molecule has 0 fully saturated rings. The highest BCUT2D eigenvalue weighted by Gasteiger charge is 2.19. The predicted molar refractivity (Wildman–Crippen MR) is 68.3 cm³/mol. The predicted octanol–water partition coefficient (Wildman–Crippen LogP) is 2.53. The molecule has 0 spiro atoms. The number of aliphatic carboxylic acids is 1. The maximum atomic E-state index is 11.0. The van der Waals surface area contributed by atoms with Crippen LogP contribution in [0.25, 0.3) is 11.0 Å². The SMILES string of the molecule is CC[C@H](Sc1nc2ccccc2n1C)C(=O)O. The minimum Gasteiger partial charge on any atom is -0.480 e. The largest absolute Gasteiger partial charge is 0.480 e. The molecule has 2 rings (SSSR count). The number of thioether (sulfide) groups is 1. The van der Waals surface area contributed by atoms with E-state index in [-0.39, 0.29) is 0 Å². The number of hydrogen-bond donors (Lipinski definition) is 1. The molecule has 0 bridgehead atoms. The third kappa shape index (κ3) is 2.29. The molecule has 90 valence electrons. The molecule has 0 aliphatic rings. The number of benzene rings is 1. The minimum atomic E-state index is -0.787. The van der Waals surface area contributed by atoms with Crippen LogP contribution in [0, 0.1) is 0 Å². The van der Waals surface area contributed by atoms with Gasteiger partial charge in [-0.05, 0) is 18.6 Å². The van der Waals surface area contributed by atoms with Gasteiger partial charge in [0.1, 0.15) is 5.25 Å². The summed E-state index contributed by atoms with van der Waals surface area (Å²) in [5.74, 6) is -0.787. The molecule has 0 saturated carbocycles. The molecule has 0 aliphatic carbocycles. The summed E-state index contributed by atoms with van der Waals surface area (Å²) in [7, 11) is 1.91. The first-order chi connectivity index (χ1) is 8.13. The van der Waals surface area contributed by atoms with Gasteiger partial charge in [-0.25, -0.2) is 4.98 Å². The number of aryl methyl sites for hydroxylation is 1. The van der Waals surface area contributed by atoms with Gasteiger partial charge in [-0.2, -0.15) is 0 Å². The van der Waals surface area contributed by atoms with Crippen LogP contribution in [0.5, 0.6) is 0 Å². The third-order valence-corrected chi connectivity index (χ3v) is 4.04. The van der Waals surface area contributed by atoms with E-state index >= 15 is 0 Å². The molecule has 5 heteroatoms. The van der Waals surface area contributed by atoms with Gasteiger partial charge in [0.15, 0.2) is 5.16 Å². The van der Waals surface area contributed by atoms with Crippen LogP contribution in [0.15, 0.2) is 29.4 Å². The molecule has 0 amide bonds. The van der Waals surface area contributed by atoms with Crippen LogP contribution in [0.2, 0.25) is 0 Å². The van der Waals surface area contributed by atoms with E-state index in [0.717, 1.165) is 16.2 Å². The lowest BCUT2D eigenvalue weighted by Crippen LogP contribution is -2.15. The fraction of sp³-hybridized carbons (Fsp3) is 0.333. The summed E-state index contributed by atoms with van der Waals surface area (Å²) in [6.07, 6.45) is 0.587. The Morgan fingerprint density at radius 2 is 2.24 bits per heavy atom. The van der Waals surface area contributed by atoms with E-state index in [4.69, 9.17) is 5.11 Å². The second-order valence-corrected chi connectivity index (χ2v) is 4.96. The summed E-state index contributed by atoms with van der Waals surface area (Å²) in [5, 5.41) is 9.35. The monoisotopic (exact) mass is 250 g/mol. The summed E-state index contributed by atoms with van der Waals surface area (Å²) in [5.41, 5.74) is 1.92. The van der Waals surface area contributed by atoms with E-state index in [2.05, 4.69) is 4.98 Å². The lowest BCUT2D eigenvalue weighted by molar-refractivity contribution is -0.136. The number of fused-ring (bicyclic) bond motifs is 1. The number of carboxylic acids is 1. The normalized spacial score (nSPS) is 12.8. The molecular weight excluding hydrogens is 236 g/mol. The zero-order chi connectivity index (χ0) is 12.4. The number of para-hydroxylation sites is 2. The maximum absolute atomic E-state index is 11.0. The first kappa shape index (κ1) is 12.0. The van der Waals surface area contributed by atoms with Crippen molar-refractivity contribution in [3.8, 4) is 0 Å². The highest BCUT2D eigenvalue weighted by atomic mass is 32.2. The standard InChI is InChI=1S/C12H14N2O2S/c1-3-10(11(15)16)17-12-13-8-6-4-5-7-9(8)14(12)2/h4-7,10H,3H2,1-2H3,(H,15,16)/t10-/m0/s1. The molecule has 1 aromatic heterocycles. The Labute approximate surface area is 104 Å². The van der Waals surface area contributed by atoms with Crippen LogP contribution in [-0.2, 0) is 11.8 Å². The lowest BCUT2D eigenvalue weighted by Gasteiger charge is -2.08. The molecule has 0 saturated heterocycles. The number of imidazole rings is 1. The Bertz CT molecular complexity index is 550. The van der Waals surface area contributed by atoms with Crippen molar-refractivity contribution in [1.82, 2.24) is 9.55 Å². The summed E-state index contributed by atoms with van der Waals surface area (Å²) in [6, 6.07) is 7.79. The molecular formula is C12H14N2O2S. The van der Waals surface area contributed by atoms with Gasteiger partial charge in [-0.15, -0.1) is 0 Å². The average molecular weight is 250 g/mol. The fourth-order valence-electron chi connectivity index (χ4n) is 1.66. The summed E-state index contributed by atoms with van der Waals surface area (Å²) >= 11 is 1.30. The first-order valence-electron chi connectivity index (χ1n) is 5.44. The van der Waals surface area contributed by atoms with Gasteiger partial charge in [-0.3, -0.25) is 4.79 Å². The molecule has 1 aromatic carbocycles. The molecule has 0 aliphatic heterocycles. The van der Waals surface area contributed by atoms with Gasteiger partial charge in [0, 0.05) is 7.05 Å². The topological polar surface area (TPSA) is 55.1 Å². The molecule has 17 heavy (non-hydrogen) atoms. The van der Waals surface area contributed by atoms with E-state index < -0.39 is 11.2 Å². The Kier molecular flexibility index (Phi) is 3.38. The van der Waals surface area contributed by atoms with E-state index in [9.17, 15) is 4.79 Å². The van der Waals surface area contributed by atoms with Crippen molar-refractivity contribution in [2.45, 2.75) is 23.8 Å². The van der Waals surface area contributed by atoms with E-state index in [1.54, 1.807) is 0 Å². The highest BCUT2D eigenvalue weighted by molar-refractivity contribution is 8.00. The van der Waals surface area contributed by atoms with Gasteiger partial charge in [0.05, 0.1) is 11.0 Å². The van der Waals surface area contributed by atoms with Crippen LogP contribution in [0.4, 0.5) is 0 Å². The van der Waals surface area contributed by atoms with Gasteiger partial charge < -0.3 is 9.67 Å². The maximum Gasteiger partial charge on any atom is 0.317 e. The third-order valence-electron chi connectivity index (χ3n) is 2.64. The zero-order valence-electron chi connectivity index (χ0n) is 9.75. The van der Waals surface area contributed by atoms with Crippen molar-refractivity contribution < 1.29 is 9.90 Å². The van der Waals surface area contributed by atoms with Crippen LogP contribution in [0.3, 0.4) is 0 Å². The average Bonchev–Trinajstić information content (AvgIpc) is 2.63. The van der Waals surface area contributed by atoms with Crippen molar-refractivity contribution >= 4 is 28.8 Å². The second-order valence-electron chi connectivity index (χ2n) is 3.80. The number of rotatable bonds is 4. The smallest absolute Gasteiger partial charge is 0.317 e. The van der Waals surface area contributed by atoms with Gasteiger partial charge in [0.25, 0.3) is 0 Å². The molecule has 0 radical (unpaired) electrons. The Balaban J connectivity index is 2.36. The van der Waals surface area contributed by atoms with Crippen molar-refractivity contribution in [1.29, 1.82) is 0 Å². The Morgan fingerprint density at radius 1 is 1.53 bits per heavy atom. The molecule has 2 aromatic rings. The number of aromatic nitrogens is 2. The molecule has 0 unspecified atom stereocenters. The number of carbonyl (C=O) groups is 1. The van der Waals surface area contributed by atoms with Crippen molar-refractivity contribution in [3.05, 3.63) is 24.3 Å². The number of carboxylic acid groups (broad SMARTS) is 1. The first-order valence-corrected chi connectivity index (χ1v) is 6.32. The minimum absolute atomic E-state index is 0.439. The van der Waals surface area contributed by atoms with E-state index in [1.165, 1.54) is 11.8 Å². The fourth-order valence-corrected chi connectivity index (χ4v) is 2.59. The van der Waals surface area contributed by atoms with Crippen molar-refractivity contribution in [3.63, 3.8) is 0 Å². The van der Waals surface area contributed by atoms with Crippen LogP contribution in [0.1, 0.15) is 13.3 Å². The second kappa shape index (κ2) is 4.79. The Morgan fingerprint density at radius 3 is 2.82 bits per heavy atom. The van der Waals surface area contributed by atoms with Gasteiger partial charge >= 0.3 is 5.97 Å². The lowest BCUT2D eigenvalue weighted by atomic mass is 10.3. The van der Waals surface area contributed by atoms with Crippen LogP contribution in [-0.4, -0.2) is 25.9 Å². The zero-order valence-corrected chi connectivity index (χ0v) is 10.6. The highest BCUT2D eigenvalue weighted by Crippen LogP contribution is 2.27. The summed E-state index contributed by atoms with van der Waals surface area (Å²) in [4.78, 5) is 15.4. The molecule has 1 heterocycles. The van der Waals surface area contributed by atoms with Crippen LogP contribution >= 0.6 is 11.8 Å². The summed E-state index contributed by atoms with van der Waals surface area (Å²) in [6.45, 7) is 1.87. The van der Waals surface area contributed by atoms with E-state index in [1.807, 2.05) is 42.8 Å². The molecule has 1 atom stereocenters. The Hall–Kier alpha value is -1.49. The molecule has 1 N–H and O–H groups in total. The number of nitrogens with zero attached hydrogens (tertiary/aromatic N) is 2. The number of hydrogen-bond acceptors (Lipinski definition) is 3. The van der Waals surface area contributed by atoms with Crippen molar-refractivity contribution in [2.24, 2.45) is 7.05 Å².